The Balaban J connectivity index is 1.76. The maximum absolute atomic E-state index is 12.6. The highest BCUT2D eigenvalue weighted by Gasteiger charge is 2.16. The molecule has 5 nitrogen and oxygen atoms in total. The number of aromatic nitrogens is 2. The van der Waals surface area contributed by atoms with Crippen LogP contribution in [-0.2, 0) is 11.5 Å². The highest BCUT2D eigenvalue weighted by Crippen LogP contribution is 2.28. The third kappa shape index (κ3) is 3.37. The Hall–Kier alpha value is -3.31. The number of anilines is 1. The molecular weight excluding hydrogens is 338 g/mol. The summed E-state index contributed by atoms with van der Waals surface area (Å²) in [5.41, 5.74) is 3.95. The Morgan fingerprint density at radius 1 is 0.889 bits per heavy atom. The first-order valence-corrected chi connectivity index (χ1v) is 8.84. The standard InChI is InChI=1S/C22H21N3O2/c1-27-16-24-14-13-20-19(12-15-25(20)22(24)26)23-21(17-8-4-2-5-9-17)18-10-6-3-7-11-18/h2-15,21,23H,16H2,1H3. The third-order valence-corrected chi connectivity index (χ3v) is 4.62. The fourth-order valence-electron chi connectivity index (χ4n) is 3.31. The second kappa shape index (κ2) is 7.51. The lowest BCUT2D eigenvalue weighted by Crippen LogP contribution is -2.26. The molecule has 0 atom stereocenters. The summed E-state index contributed by atoms with van der Waals surface area (Å²) in [6.07, 6.45) is 3.55. The Kier molecular flexibility index (Phi) is 4.77. The Morgan fingerprint density at radius 2 is 1.52 bits per heavy atom. The lowest BCUT2D eigenvalue weighted by Gasteiger charge is -2.21. The molecule has 0 fully saturated rings. The fraction of sp³-hybridized carbons (Fsp3) is 0.136. The van der Waals surface area contributed by atoms with Gasteiger partial charge in [-0.15, -0.1) is 0 Å². The number of benzene rings is 2. The summed E-state index contributed by atoms with van der Waals surface area (Å²) < 4.78 is 8.24. The van der Waals surface area contributed by atoms with Crippen LogP contribution in [0.25, 0.3) is 5.52 Å². The summed E-state index contributed by atoms with van der Waals surface area (Å²) in [6.45, 7) is 0.229. The minimum Gasteiger partial charge on any atom is -0.372 e. The summed E-state index contributed by atoms with van der Waals surface area (Å²) in [5, 5.41) is 3.61. The first kappa shape index (κ1) is 17.1. The summed E-state index contributed by atoms with van der Waals surface area (Å²) in [5.74, 6) is 0. The molecule has 4 rings (SSSR count). The molecule has 0 radical (unpaired) electrons. The van der Waals surface area contributed by atoms with E-state index >= 15 is 0 Å². The largest absolute Gasteiger partial charge is 0.372 e. The highest BCUT2D eigenvalue weighted by atomic mass is 16.5. The SMILES string of the molecule is COCn1ccc2c(NC(c3ccccc3)c3ccccc3)ccn2c1=O. The second-order valence-corrected chi connectivity index (χ2v) is 6.37. The van der Waals surface area contributed by atoms with Crippen LogP contribution in [0.3, 0.4) is 0 Å². The topological polar surface area (TPSA) is 47.7 Å². The molecule has 0 aliphatic carbocycles. The lowest BCUT2D eigenvalue weighted by atomic mass is 9.98. The predicted octanol–water partition coefficient (Wildman–Crippen LogP) is 3.91. The molecule has 0 aliphatic rings. The number of rotatable bonds is 6. The molecule has 5 heteroatoms. The highest BCUT2D eigenvalue weighted by molar-refractivity contribution is 5.73. The van der Waals surface area contributed by atoms with Crippen molar-refractivity contribution < 1.29 is 4.74 Å². The quantitative estimate of drug-likeness (QED) is 0.568. The van der Waals surface area contributed by atoms with Crippen molar-refractivity contribution in [3.63, 3.8) is 0 Å². The van der Waals surface area contributed by atoms with Gasteiger partial charge in [0.2, 0.25) is 0 Å². The van der Waals surface area contributed by atoms with Gasteiger partial charge >= 0.3 is 5.69 Å². The van der Waals surface area contributed by atoms with Crippen LogP contribution in [0.2, 0.25) is 0 Å². The molecule has 0 saturated carbocycles. The number of methoxy groups -OCH3 is 1. The van der Waals surface area contributed by atoms with E-state index < -0.39 is 0 Å². The zero-order valence-electron chi connectivity index (χ0n) is 15.1. The van der Waals surface area contributed by atoms with Crippen LogP contribution < -0.4 is 11.0 Å². The number of nitrogens with zero attached hydrogens (tertiary/aromatic N) is 2. The van der Waals surface area contributed by atoms with Gasteiger partial charge in [0, 0.05) is 19.5 Å². The molecule has 4 aromatic rings. The number of ether oxygens (including phenoxy) is 1. The van der Waals surface area contributed by atoms with Gasteiger partial charge in [0.1, 0.15) is 6.73 Å². The van der Waals surface area contributed by atoms with Crippen LogP contribution in [0.15, 0.2) is 90.0 Å². The zero-order chi connectivity index (χ0) is 18.6. The third-order valence-electron chi connectivity index (χ3n) is 4.62. The molecular formula is C22H21N3O2. The summed E-state index contributed by atoms with van der Waals surface area (Å²) in [7, 11) is 1.57. The minimum atomic E-state index is -0.127. The van der Waals surface area contributed by atoms with E-state index in [1.807, 2.05) is 48.5 Å². The number of nitrogens with one attached hydrogen (secondary N) is 1. The van der Waals surface area contributed by atoms with E-state index in [0.717, 1.165) is 22.3 Å². The molecule has 2 aromatic carbocycles. The molecule has 1 N–H and O–H groups in total. The monoisotopic (exact) mass is 359 g/mol. The van der Waals surface area contributed by atoms with Gasteiger partial charge in [-0.05, 0) is 23.3 Å². The van der Waals surface area contributed by atoms with Crippen molar-refractivity contribution in [1.29, 1.82) is 0 Å². The van der Waals surface area contributed by atoms with Crippen molar-refractivity contribution in [1.82, 2.24) is 8.97 Å². The van der Waals surface area contributed by atoms with Crippen LogP contribution in [0.5, 0.6) is 0 Å². The first-order chi connectivity index (χ1) is 13.3. The zero-order valence-corrected chi connectivity index (χ0v) is 15.1. The van der Waals surface area contributed by atoms with Gasteiger partial charge in [-0.2, -0.15) is 0 Å². The van der Waals surface area contributed by atoms with Crippen LogP contribution in [0.1, 0.15) is 17.2 Å². The Labute approximate surface area is 157 Å². The Bertz CT molecular complexity index is 1050. The molecule has 0 saturated heterocycles. The van der Waals surface area contributed by atoms with E-state index in [4.69, 9.17) is 4.74 Å². The van der Waals surface area contributed by atoms with Gasteiger partial charge in [0.05, 0.1) is 17.2 Å². The van der Waals surface area contributed by atoms with Gasteiger partial charge in [-0.1, -0.05) is 60.7 Å². The number of hydrogen-bond acceptors (Lipinski definition) is 3. The van der Waals surface area contributed by atoms with E-state index in [1.54, 1.807) is 23.9 Å². The molecule has 0 aliphatic heterocycles. The van der Waals surface area contributed by atoms with Crippen LogP contribution in [0.4, 0.5) is 5.69 Å². The maximum atomic E-state index is 12.6. The van der Waals surface area contributed by atoms with Crippen molar-refractivity contribution in [2.45, 2.75) is 12.8 Å². The summed E-state index contributed by atoms with van der Waals surface area (Å²) in [4.78, 5) is 12.6. The van der Waals surface area contributed by atoms with Crippen LogP contribution in [-0.4, -0.2) is 16.1 Å². The molecule has 27 heavy (non-hydrogen) atoms. The van der Waals surface area contributed by atoms with E-state index in [1.165, 1.54) is 4.57 Å². The van der Waals surface area contributed by atoms with Gasteiger partial charge in [-0.25, -0.2) is 4.79 Å². The molecule has 2 aromatic heterocycles. The van der Waals surface area contributed by atoms with Gasteiger partial charge in [0.15, 0.2) is 0 Å². The molecule has 0 unspecified atom stereocenters. The van der Waals surface area contributed by atoms with Crippen molar-refractivity contribution in [2.24, 2.45) is 0 Å². The van der Waals surface area contributed by atoms with E-state index in [2.05, 4.69) is 29.6 Å². The van der Waals surface area contributed by atoms with Gasteiger partial charge < -0.3 is 10.1 Å². The van der Waals surface area contributed by atoms with Crippen LogP contribution >= 0.6 is 0 Å². The van der Waals surface area contributed by atoms with Gasteiger partial charge in [-0.3, -0.25) is 8.97 Å². The average Bonchev–Trinajstić information content (AvgIpc) is 3.13. The van der Waals surface area contributed by atoms with E-state index in [0.29, 0.717) is 0 Å². The molecule has 0 spiro atoms. The molecule has 2 heterocycles. The normalized spacial score (nSPS) is 11.2. The minimum absolute atomic E-state index is 0.0139. The summed E-state index contributed by atoms with van der Waals surface area (Å²) >= 11 is 0. The van der Waals surface area contributed by atoms with Crippen molar-refractivity contribution in [3.05, 3.63) is 107 Å². The van der Waals surface area contributed by atoms with Crippen molar-refractivity contribution in [3.8, 4) is 0 Å². The van der Waals surface area contributed by atoms with Gasteiger partial charge in [0.25, 0.3) is 0 Å². The van der Waals surface area contributed by atoms with Crippen molar-refractivity contribution in [2.75, 3.05) is 12.4 Å². The predicted molar refractivity (Wildman–Crippen MR) is 107 cm³/mol. The van der Waals surface area contributed by atoms with Crippen LogP contribution in [0, 0.1) is 0 Å². The average molecular weight is 359 g/mol. The first-order valence-electron chi connectivity index (χ1n) is 8.84. The number of hydrogen-bond donors (Lipinski definition) is 1. The maximum Gasteiger partial charge on any atom is 0.334 e. The smallest absolute Gasteiger partial charge is 0.334 e. The molecule has 136 valence electrons. The Morgan fingerprint density at radius 3 is 2.11 bits per heavy atom. The van der Waals surface area contributed by atoms with E-state index in [9.17, 15) is 4.79 Å². The lowest BCUT2D eigenvalue weighted by molar-refractivity contribution is 0.126. The molecule has 0 bridgehead atoms. The van der Waals surface area contributed by atoms with Crippen molar-refractivity contribution >= 4 is 11.2 Å². The van der Waals surface area contributed by atoms with E-state index in [-0.39, 0.29) is 18.5 Å². The fourth-order valence-corrected chi connectivity index (χ4v) is 3.31. The second-order valence-electron chi connectivity index (χ2n) is 6.37. The molecule has 0 amide bonds. The number of fused-ring (bicyclic) bond motifs is 1. The summed E-state index contributed by atoms with van der Waals surface area (Å²) in [6, 6.07) is 24.4.